The molecule has 2 aromatic heterocycles. The molecule has 0 bridgehead atoms. The van der Waals surface area contributed by atoms with Crippen molar-refractivity contribution in [1.82, 2.24) is 14.9 Å². The lowest BCUT2D eigenvalue weighted by molar-refractivity contribution is 0.122. The smallest absolute Gasteiger partial charge is 0.135 e. The molecule has 0 unspecified atom stereocenters. The topological polar surface area (TPSA) is 41.5 Å². The Balaban J connectivity index is 1.50. The number of nitrogens with zero attached hydrogens (tertiary/aromatic N) is 4. The number of thiophene rings is 1. The normalized spacial score (nSPS) is 19.1. The highest BCUT2D eigenvalue weighted by molar-refractivity contribution is 7.11. The molecule has 6 heteroatoms. The molecular formula is C18H24N4OS. The van der Waals surface area contributed by atoms with Gasteiger partial charge in [0.25, 0.3) is 0 Å². The van der Waals surface area contributed by atoms with Crippen LogP contribution < -0.4 is 4.90 Å². The number of morpholine rings is 1. The number of aryl methyl sites for hydroxylation is 1. The first-order valence-corrected chi connectivity index (χ1v) is 9.54. The quantitative estimate of drug-likeness (QED) is 0.854. The first-order valence-electron chi connectivity index (χ1n) is 8.73. The van der Waals surface area contributed by atoms with Crippen LogP contribution in [0.2, 0.25) is 0 Å². The summed E-state index contributed by atoms with van der Waals surface area (Å²) in [6.45, 7) is 8.83. The fourth-order valence-electron chi connectivity index (χ4n) is 3.55. The van der Waals surface area contributed by atoms with Crippen LogP contribution in [0.1, 0.15) is 21.0 Å². The van der Waals surface area contributed by atoms with Gasteiger partial charge in [0.1, 0.15) is 12.1 Å². The molecule has 5 nitrogen and oxygen atoms in total. The van der Waals surface area contributed by atoms with Gasteiger partial charge in [-0.1, -0.05) is 0 Å². The molecular weight excluding hydrogens is 320 g/mol. The van der Waals surface area contributed by atoms with E-state index in [4.69, 9.17) is 4.74 Å². The van der Waals surface area contributed by atoms with Gasteiger partial charge < -0.3 is 9.64 Å². The Labute approximate surface area is 147 Å². The van der Waals surface area contributed by atoms with Gasteiger partial charge in [-0.3, -0.25) is 4.90 Å². The van der Waals surface area contributed by atoms with Gasteiger partial charge in [-0.15, -0.1) is 11.3 Å². The van der Waals surface area contributed by atoms with Crippen molar-refractivity contribution in [2.24, 2.45) is 0 Å². The molecule has 0 spiro atoms. The minimum absolute atomic E-state index is 0.794. The molecule has 0 atom stereocenters. The van der Waals surface area contributed by atoms with Gasteiger partial charge >= 0.3 is 0 Å². The van der Waals surface area contributed by atoms with Crippen molar-refractivity contribution in [2.45, 2.75) is 26.3 Å². The zero-order valence-electron chi connectivity index (χ0n) is 14.2. The molecule has 0 aromatic carbocycles. The highest BCUT2D eigenvalue weighted by Crippen LogP contribution is 2.25. The molecule has 128 valence electrons. The zero-order chi connectivity index (χ0) is 16.4. The van der Waals surface area contributed by atoms with Gasteiger partial charge in [0.05, 0.1) is 18.9 Å². The summed E-state index contributed by atoms with van der Waals surface area (Å²) >= 11 is 1.91. The Kier molecular flexibility index (Phi) is 4.78. The maximum Gasteiger partial charge on any atom is 0.135 e. The van der Waals surface area contributed by atoms with Crippen molar-refractivity contribution in [1.29, 1.82) is 0 Å². The number of hydrogen-bond donors (Lipinski definition) is 0. The molecule has 1 fully saturated rings. The van der Waals surface area contributed by atoms with Gasteiger partial charge in [-0.2, -0.15) is 0 Å². The summed E-state index contributed by atoms with van der Waals surface area (Å²) in [4.78, 5) is 17.0. The van der Waals surface area contributed by atoms with Crippen LogP contribution in [0.3, 0.4) is 0 Å². The monoisotopic (exact) mass is 344 g/mol. The Morgan fingerprint density at radius 1 is 1.08 bits per heavy atom. The van der Waals surface area contributed by atoms with E-state index in [2.05, 4.69) is 38.8 Å². The average molecular weight is 344 g/mol. The molecule has 0 radical (unpaired) electrons. The van der Waals surface area contributed by atoms with Gasteiger partial charge in [0.2, 0.25) is 0 Å². The Morgan fingerprint density at radius 3 is 2.71 bits per heavy atom. The number of anilines is 1. The molecule has 1 saturated heterocycles. The van der Waals surface area contributed by atoms with Crippen molar-refractivity contribution in [2.75, 3.05) is 44.3 Å². The molecule has 0 saturated carbocycles. The zero-order valence-corrected chi connectivity index (χ0v) is 15.0. The Bertz CT molecular complexity index is 696. The second-order valence-corrected chi connectivity index (χ2v) is 7.88. The van der Waals surface area contributed by atoms with E-state index in [1.807, 2.05) is 11.3 Å². The van der Waals surface area contributed by atoms with Gasteiger partial charge in [-0.05, 0) is 25.5 Å². The Hall–Kier alpha value is -1.50. The number of ether oxygens (including phenoxy) is 1. The lowest BCUT2D eigenvalue weighted by Crippen LogP contribution is -2.37. The van der Waals surface area contributed by atoms with Gasteiger partial charge in [0, 0.05) is 54.5 Å². The summed E-state index contributed by atoms with van der Waals surface area (Å²) in [5.74, 6) is 1.14. The van der Waals surface area contributed by atoms with Crippen LogP contribution in [0, 0.1) is 6.92 Å². The van der Waals surface area contributed by atoms with E-state index in [0.29, 0.717) is 0 Å². The second kappa shape index (κ2) is 7.17. The molecule has 0 aliphatic carbocycles. The van der Waals surface area contributed by atoms with E-state index < -0.39 is 0 Å². The van der Waals surface area contributed by atoms with Crippen LogP contribution >= 0.6 is 11.3 Å². The van der Waals surface area contributed by atoms with Crippen molar-refractivity contribution < 1.29 is 4.74 Å². The van der Waals surface area contributed by atoms with Crippen molar-refractivity contribution in [3.8, 4) is 0 Å². The second-order valence-electron chi connectivity index (χ2n) is 6.51. The van der Waals surface area contributed by atoms with E-state index >= 15 is 0 Å². The van der Waals surface area contributed by atoms with E-state index in [9.17, 15) is 0 Å². The van der Waals surface area contributed by atoms with E-state index in [-0.39, 0.29) is 0 Å². The predicted molar refractivity (Wildman–Crippen MR) is 96.8 cm³/mol. The van der Waals surface area contributed by atoms with Crippen LogP contribution in [0.5, 0.6) is 0 Å². The molecule has 0 amide bonds. The SMILES string of the molecule is Cc1ccc(CN2CCc3ncnc(N4CCOCC4)c3CC2)s1. The van der Waals surface area contributed by atoms with E-state index in [0.717, 1.165) is 64.6 Å². The van der Waals surface area contributed by atoms with Crippen molar-refractivity contribution >= 4 is 17.2 Å². The van der Waals surface area contributed by atoms with Crippen molar-refractivity contribution in [3.05, 3.63) is 39.5 Å². The Morgan fingerprint density at radius 2 is 1.92 bits per heavy atom. The van der Waals surface area contributed by atoms with Gasteiger partial charge in [-0.25, -0.2) is 9.97 Å². The first kappa shape index (κ1) is 16.0. The largest absolute Gasteiger partial charge is 0.378 e. The highest BCUT2D eigenvalue weighted by Gasteiger charge is 2.22. The lowest BCUT2D eigenvalue weighted by atomic mass is 10.1. The highest BCUT2D eigenvalue weighted by atomic mass is 32.1. The molecule has 2 aliphatic rings. The molecule has 0 N–H and O–H groups in total. The van der Waals surface area contributed by atoms with Crippen LogP contribution in [-0.2, 0) is 24.1 Å². The minimum Gasteiger partial charge on any atom is -0.378 e. The predicted octanol–water partition coefficient (Wildman–Crippen LogP) is 2.28. The lowest BCUT2D eigenvalue weighted by Gasteiger charge is -2.29. The van der Waals surface area contributed by atoms with Crippen LogP contribution in [0.4, 0.5) is 5.82 Å². The fraction of sp³-hybridized carbons (Fsp3) is 0.556. The van der Waals surface area contributed by atoms with Crippen molar-refractivity contribution in [3.63, 3.8) is 0 Å². The number of hydrogen-bond acceptors (Lipinski definition) is 6. The number of fused-ring (bicyclic) bond motifs is 1. The number of aromatic nitrogens is 2. The third-order valence-electron chi connectivity index (χ3n) is 4.84. The summed E-state index contributed by atoms with van der Waals surface area (Å²) in [5.41, 5.74) is 2.58. The molecule has 4 heterocycles. The first-order chi connectivity index (χ1) is 11.8. The third kappa shape index (κ3) is 3.45. The maximum atomic E-state index is 5.48. The van der Waals surface area contributed by atoms with Gasteiger partial charge in [0.15, 0.2) is 0 Å². The van der Waals surface area contributed by atoms with E-state index in [1.165, 1.54) is 21.0 Å². The molecule has 4 rings (SSSR count). The summed E-state index contributed by atoms with van der Waals surface area (Å²) in [6, 6.07) is 4.48. The van der Waals surface area contributed by atoms with Crippen LogP contribution in [-0.4, -0.2) is 54.3 Å². The third-order valence-corrected chi connectivity index (χ3v) is 5.83. The molecule has 2 aliphatic heterocycles. The summed E-state index contributed by atoms with van der Waals surface area (Å²) < 4.78 is 5.48. The number of rotatable bonds is 3. The average Bonchev–Trinajstić information content (AvgIpc) is 2.91. The molecule has 2 aromatic rings. The van der Waals surface area contributed by atoms with E-state index in [1.54, 1.807) is 6.33 Å². The molecule has 24 heavy (non-hydrogen) atoms. The van der Waals surface area contributed by atoms with Crippen LogP contribution in [0.15, 0.2) is 18.5 Å². The summed E-state index contributed by atoms with van der Waals surface area (Å²) in [7, 11) is 0. The summed E-state index contributed by atoms with van der Waals surface area (Å²) in [5, 5.41) is 0. The standard InChI is InChI=1S/C18H24N4OS/c1-14-2-3-15(24-14)12-21-6-4-16-17(5-7-21)19-13-20-18(16)22-8-10-23-11-9-22/h2-3,13H,4-12H2,1H3. The minimum atomic E-state index is 0.794. The maximum absolute atomic E-state index is 5.48. The summed E-state index contributed by atoms with van der Waals surface area (Å²) in [6.07, 6.45) is 3.79. The van der Waals surface area contributed by atoms with Crippen LogP contribution in [0.25, 0.3) is 0 Å². The fourth-order valence-corrected chi connectivity index (χ4v) is 4.48.